The number of hydrogen-bond acceptors (Lipinski definition) is 4. The highest BCUT2D eigenvalue weighted by Crippen LogP contribution is 2.27. The maximum atomic E-state index is 14.6. The van der Waals surface area contributed by atoms with E-state index in [0.29, 0.717) is 28.6 Å². The number of nitrogens with zero attached hydrogens (tertiary/aromatic N) is 2. The Hall–Kier alpha value is -3.78. The molecule has 2 N–H and O–H groups in total. The number of H-pyrrole nitrogens is 1. The van der Waals surface area contributed by atoms with Gasteiger partial charge in [0.2, 0.25) is 0 Å². The Morgan fingerprint density at radius 1 is 1.00 bits per heavy atom. The third kappa shape index (κ3) is 6.17. The third-order valence-corrected chi connectivity index (χ3v) is 7.44. The van der Waals surface area contributed by atoms with Gasteiger partial charge in [-0.25, -0.2) is 4.39 Å². The summed E-state index contributed by atoms with van der Waals surface area (Å²) < 4.78 is 16.1. The average molecular weight is 599 g/mol. The number of benzene rings is 3. The molecule has 0 saturated heterocycles. The molecule has 0 amide bonds. The fraction of sp³-hybridized carbons (Fsp3) is 0.133. The van der Waals surface area contributed by atoms with Crippen molar-refractivity contribution in [3.63, 3.8) is 0 Å². The van der Waals surface area contributed by atoms with Gasteiger partial charge in [0, 0.05) is 63.0 Å². The lowest BCUT2D eigenvalue weighted by atomic mass is 10.0. The van der Waals surface area contributed by atoms with Gasteiger partial charge >= 0.3 is 0 Å². The number of para-hydroxylation sites is 1. The van der Waals surface area contributed by atoms with Crippen LogP contribution in [0.5, 0.6) is 5.75 Å². The lowest BCUT2D eigenvalue weighted by molar-refractivity contribution is 0.132. The van der Waals surface area contributed by atoms with E-state index in [9.17, 15) is 14.3 Å². The van der Waals surface area contributed by atoms with E-state index in [1.54, 1.807) is 18.2 Å². The predicted molar refractivity (Wildman–Crippen MR) is 157 cm³/mol. The monoisotopic (exact) mass is 597 g/mol. The predicted octanol–water partition coefficient (Wildman–Crippen LogP) is 7.52. The second-order valence-electron chi connectivity index (χ2n) is 9.16. The van der Waals surface area contributed by atoms with Crippen LogP contribution in [-0.4, -0.2) is 20.9 Å². The summed E-state index contributed by atoms with van der Waals surface area (Å²) >= 11 is 18.3. The average Bonchev–Trinajstić information content (AvgIpc) is 3.35. The number of aromatic nitrogens is 2. The highest BCUT2D eigenvalue weighted by atomic mass is 35.5. The molecule has 0 bridgehead atoms. The number of aromatic hydroxyl groups is 1. The highest BCUT2D eigenvalue weighted by molar-refractivity contribution is 6.35. The van der Waals surface area contributed by atoms with Crippen LogP contribution in [0.15, 0.2) is 82.9 Å². The zero-order valence-corrected chi connectivity index (χ0v) is 23.3. The lowest BCUT2D eigenvalue weighted by Crippen LogP contribution is -2.26. The normalized spacial score (nSPS) is 11.5. The van der Waals surface area contributed by atoms with Gasteiger partial charge in [0.25, 0.3) is 5.56 Å². The highest BCUT2D eigenvalue weighted by Gasteiger charge is 2.19. The molecule has 5 aromatic rings. The molecule has 40 heavy (non-hydrogen) atoms. The van der Waals surface area contributed by atoms with Gasteiger partial charge < -0.3 is 19.5 Å². The molecule has 0 spiro atoms. The maximum Gasteiger partial charge on any atom is 0.257 e. The van der Waals surface area contributed by atoms with Crippen molar-refractivity contribution in [2.45, 2.75) is 26.0 Å². The van der Waals surface area contributed by atoms with Crippen LogP contribution in [0.2, 0.25) is 15.1 Å². The molecule has 0 aliphatic rings. The summed E-state index contributed by atoms with van der Waals surface area (Å²) in [7, 11) is 0. The summed E-state index contributed by atoms with van der Waals surface area (Å²) in [6.45, 7) is 0.358. The third-order valence-electron chi connectivity index (χ3n) is 6.50. The molecule has 0 radical (unpaired) electrons. The van der Waals surface area contributed by atoms with E-state index in [4.69, 9.17) is 39.6 Å². The van der Waals surface area contributed by atoms with E-state index >= 15 is 0 Å². The molecule has 0 atom stereocenters. The van der Waals surface area contributed by atoms with Gasteiger partial charge in [-0.1, -0.05) is 70.3 Å². The van der Waals surface area contributed by atoms with Crippen molar-refractivity contribution in [3.05, 3.63) is 132 Å². The molecule has 2 aromatic heterocycles. The lowest BCUT2D eigenvalue weighted by Gasteiger charge is -2.14. The van der Waals surface area contributed by atoms with Crippen LogP contribution in [-0.2, 0) is 30.8 Å². The molecule has 0 unspecified atom stereocenters. The van der Waals surface area contributed by atoms with E-state index < -0.39 is 11.4 Å². The van der Waals surface area contributed by atoms with Gasteiger partial charge in [-0.15, -0.1) is 0 Å². The van der Waals surface area contributed by atoms with Gasteiger partial charge in [0.15, 0.2) is 0 Å². The van der Waals surface area contributed by atoms with Crippen molar-refractivity contribution >= 4 is 51.9 Å². The van der Waals surface area contributed by atoms with Crippen molar-refractivity contribution in [2.75, 3.05) is 0 Å². The maximum absolute atomic E-state index is 14.6. The van der Waals surface area contributed by atoms with Crippen LogP contribution in [0.4, 0.5) is 4.39 Å². The molecule has 204 valence electrons. The van der Waals surface area contributed by atoms with E-state index in [1.807, 2.05) is 30.3 Å². The number of aromatic amines is 1. The largest absolute Gasteiger partial charge is 0.507 e. The Labute approximate surface area is 244 Å². The van der Waals surface area contributed by atoms with Gasteiger partial charge in [0.1, 0.15) is 18.2 Å². The fourth-order valence-electron chi connectivity index (χ4n) is 4.38. The van der Waals surface area contributed by atoms with Crippen LogP contribution in [0.25, 0.3) is 10.9 Å². The summed E-state index contributed by atoms with van der Waals surface area (Å²) in [4.78, 5) is 22.2. The van der Waals surface area contributed by atoms with Gasteiger partial charge in [0.05, 0.1) is 17.3 Å². The first-order valence-electron chi connectivity index (χ1n) is 12.3. The fourth-order valence-corrected chi connectivity index (χ4v) is 5.08. The molecule has 0 saturated carbocycles. The van der Waals surface area contributed by atoms with Crippen molar-refractivity contribution in [2.24, 2.45) is 5.16 Å². The van der Waals surface area contributed by atoms with Crippen LogP contribution in [0, 0.1) is 5.82 Å². The number of halogens is 4. The first-order chi connectivity index (χ1) is 19.3. The van der Waals surface area contributed by atoms with Crippen molar-refractivity contribution in [1.29, 1.82) is 0 Å². The molecule has 6 nitrogen and oxygen atoms in total. The minimum Gasteiger partial charge on any atom is -0.507 e. The Morgan fingerprint density at radius 3 is 2.60 bits per heavy atom. The second kappa shape index (κ2) is 12.2. The molecule has 3 aromatic carbocycles. The Bertz CT molecular complexity index is 1730. The Morgan fingerprint density at radius 2 is 1.82 bits per heavy atom. The number of oxime groups is 1. The molecule has 0 fully saturated rings. The van der Waals surface area contributed by atoms with Crippen molar-refractivity contribution in [3.8, 4) is 5.75 Å². The minimum atomic E-state index is -0.571. The molecular weight excluding hydrogens is 576 g/mol. The number of nitrogens with one attached hydrogen (secondary N) is 1. The molecule has 0 aliphatic heterocycles. The molecule has 10 heteroatoms. The molecule has 2 heterocycles. The quantitative estimate of drug-likeness (QED) is 0.136. The Balaban J connectivity index is 1.45. The first-order valence-corrected chi connectivity index (χ1v) is 13.5. The van der Waals surface area contributed by atoms with Crippen LogP contribution in [0.1, 0.15) is 27.9 Å². The van der Waals surface area contributed by atoms with Crippen LogP contribution in [0.3, 0.4) is 0 Å². The van der Waals surface area contributed by atoms with E-state index in [1.165, 1.54) is 35.2 Å². The molecular formula is C30H23Cl3FN3O3. The standard InChI is InChI=1S/C30H23Cl3FN3O3/c31-21-9-8-19(26(33)13-21)17-40-35-15-20-16-37(11-10-22-12-18-4-1-2-7-28(18)36-22)30(39)24(29(20)38)14-23-25(32)5-3-6-27(23)34/h1-9,12-13,15-16,36,38H,10-11,14,17H2/b35-15+. The van der Waals surface area contributed by atoms with Gasteiger partial charge in [-0.05, 0) is 41.8 Å². The topological polar surface area (TPSA) is 79.6 Å². The molecule has 5 rings (SSSR count). The first kappa shape index (κ1) is 27.8. The smallest absolute Gasteiger partial charge is 0.257 e. The summed E-state index contributed by atoms with van der Waals surface area (Å²) in [5.74, 6) is -0.902. The summed E-state index contributed by atoms with van der Waals surface area (Å²) in [5, 5.41) is 17.2. The van der Waals surface area contributed by atoms with Crippen molar-refractivity contribution in [1.82, 2.24) is 9.55 Å². The van der Waals surface area contributed by atoms with Gasteiger partial charge in [-0.3, -0.25) is 4.79 Å². The number of pyridine rings is 1. The van der Waals surface area contributed by atoms with E-state index in [0.717, 1.165) is 16.6 Å². The summed E-state index contributed by atoms with van der Waals surface area (Å²) in [6, 6.07) is 19.2. The van der Waals surface area contributed by atoms with E-state index in [2.05, 4.69) is 10.1 Å². The van der Waals surface area contributed by atoms with Crippen LogP contribution < -0.4 is 5.56 Å². The zero-order valence-electron chi connectivity index (χ0n) is 21.0. The number of hydrogen-bond donors (Lipinski definition) is 2. The minimum absolute atomic E-state index is 0.00616. The van der Waals surface area contributed by atoms with Crippen LogP contribution >= 0.6 is 34.8 Å². The van der Waals surface area contributed by atoms with Crippen molar-refractivity contribution < 1.29 is 14.3 Å². The summed E-state index contributed by atoms with van der Waals surface area (Å²) in [6.07, 6.45) is 3.10. The van der Waals surface area contributed by atoms with Gasteiger partial charge in [-0.2, -0.15) is 0 Å². The number of aryl methyl sites for hydroxylation is 2. The second-order valence-corrected chi connectivity index (χ2v) is 10.4. The zero-order chi connectivity index (χ0) is 28.2. The van der Waals surface area contributed by atoms with E-state index in [-0.39, 0.29) is 40.5 Å². The molecule has 0 aliphatic carbocycles. The Kier molecular flexibility index (Phi) is 8.45. The SMILES string of the molecule is O=c1c(Cc2c(F)cccc2Cl)c(O)c(/C=N/OCc2ccc(Cl)cc2Cl)cn1CCc1cc2ccccc2[nH]1. The summed E-state index contributed by atoms with van der Waals surface area (Å²) in [5.41, 5.74) is 2.48. The number of fused-ring (bicyclic) bond motifs is 1. The number of rotatable bonds is 9.